The number of aliphatic carboxylic acids is 1. The lowest BCUT2D eigenvalue weighted by Gasteiger charge is -2.44. The predicted molar refractivity (Wildman–Crippen MR) is 96.5 cm³/mol. The number of nitrogens with zero attached hydrogens (tertiary/aromatic N) is 2. The quantitative estimate of drug-likeness (QED) is 0.891. The molecule has 1 heterocycles. The molecule has 25 heavy (non-hydrogen) atoms. The number of carbonyl (C=O) groups is 2. The van der Waals surface area contributed by atoms with Crippen LogP contribution in [0.2, 0.25) is 0 Å². The van der Waals surface area contributed by atoms with Crippen molar-refractivity contribution in [2.24, 2.45) is 0 Å². The Bertz CT molecular complexity index is 613. The maximum atomic E-state index is 13.3. The van der Waals surface area contributed by atoms with Crippen LogP contribution in [-0.4, -0.2) is 59.5 Å². The van der Waals surface area contributed by atoms with E-state index >= 15 is 0 Å². The SMILES string of the molecule is CN(CC(=O)O)C1CCCN(C(=O)C2(c3ccccc3)CCC2)CC1. The minimum absolute atomic E-state index is 0.0621. The number of likely N-dealkylation sites (N-methyl/N-ethyl adjacent to an activating group) is 1. The zero-order valence-electron chi connectivity index (χ0n) is 15.0. The normalized spacial score (nSPS) is 23.0. The fourth-order valence-corrected chi connectivity index (χ4v) is 4.28. The van der Waals surface area contributed by atoms with Crippen molar-refractivity contribution >= 4 is 11.9 Å². The number of amides is 1. The van der Waals surface area contributed by atoms with E-state index in [2.05, 4.69) is 12.1 Å². The zero-order valence-corrected chi connectivity index (χ0v) is 15.0. The molecule has 5 nitrogen and oxygen atoms in total. The Balaban J connectivity index is 1.68. The molecular formula is C20H28N2O3. The minimum Gasteiger partial charge on any atom is -0.480 e. The van der Waals surface area contributed by atoms with Crippen LogP contribution in [0.4, 0.5) is 0 Å². The van der Waals surface area contributed by atoms with Gasteiger partial charge in [0.15, 0.2) is 0 Å². The first-order valence-electron chi connectivity index (χ1n) is 9.30. The average Bonchev–Trinajstić information content (AvgIpc) is 2.80. The van der Waals surface area contributed by atoms with Gasteiger partial charge in [0.25, 0.3) is 0 Å². The maximum absolute atomic E-state index is 13.3. The molecule has 2 aliphatic rings. The molecular weight excluding hydrogens is 316 g/mol. The molecule has 1 N–H and O–H groups in total. The molecule has 3 rings (SSSR count). The van der Waals surface area contributed by atoms with Crippen molar-refractivity contribution in [1.82, 2.24) is 9.80 Å². The second kappa shape index (κ2) is 7.56. The monoisotopic (exact) mass is 344 g/mol. The number of carbonyl (C=O) groups excluding carboxylic acids is 1. The van der Waals surface area contributed by atoms with E-state index in [9.17, 15) is 9.59 Å². The Morgan fingerprint density at radius 3 is 2.48 bits per heavy atom. The van der Waals surface area contributed by atoms with E-state index in [0.717, 1.165) is 57.2 Å². The van der Waals surface area contributed by atoms with Crippen LogP contribution >= 0.6 is 0 Å². The van der Waals surface area contributed by atoms with Crippen LogP contribution in [-0.2, 0) is 15.0 Å². The summed E-state index contributed by atoms with van der Waals surface area (Å²) >= 11 is 0. The van der Waals surface area contributed by atoms with E-state index in [0.29, 0.717) is 0 Å². The summed E-state index contributed by atoms with van der Waals surface area (Å²) in [7, 11) is 1.87. The van der Waals surface area contributed by atoms with Crippen LogP contribution in [0.1, 0.15) is 44.1 Å². The van der Waals surface area contributed by atoms with Crippen molar-refractivity contribution in [2.75, 3.05) is 26.7 Å². The number of likely N-dealkylation sites (tertiary alicyclic amines) is 1. The summed E-state index contributed by atoms with van der Waals surface area (Å²) in [4.78, 5) is 28.2. The number of hydrogen-bond acceptors (Lipinski definition) is 3. The van der Waals surface area contributed by atoms with E-state index in [1.54, 1.807) is 0 Å². The van der Waals surface area contributed by atoms with Gasteiger partial charge in [-0.15, -0.1) is 0 Å². The molecule has 0 bridgehead atoms. The van der Waals surface area contributed by atoms with Crippen LogP contribution in [0, 0.1) is 0 Å². The second-order valence-electron chi connectivity index (χ2n) is 7.49. The molecule has 1 unspecified atom stereocenters. The van der Waals surface area contributed by atoms with Crippen molar-refractivity contribution < 1.29 is 14.7 Å². The number of rotatable bonds is 5. The highest BCUT2D eigenvalue weighted by Crippen LogP contribution is 2.45. The lowest BCUT2D eigenvalue weighted by Crippen LogP contribution is -2.51. The third-order valence-electron chi connectivity index (χ3n) is 5.94. The van der Waals surface area contributed by atoms with Crippen LogP contribution in [0.15, 0.2) is 30.3 Å². The predicted octanol–water partition coefficient (Wildman–Crippen LogP) is 2.51. The summed E-state index contributed by atoms with van der Waals surface area (Å²) in [5.41, 5.74) is 0.823. The van der Waals surface area contributed by atoms with Gasteiger partial charge in [0.2, 0.25) is 5.91 Å². The van der Waals surface area contributed by atoms with Gasteiger partial charge in [-0.25, -0.2) is 0 Å². The molecule has 5 heteroatoms. The van der Waals surface area contributed by atoms with Gasteiger partial charge in [0.1, 0.15) is 0 Å². The third-order valence-corrected chi connectivity index (χ3v) is 5.94. The van der Waals surface area contributed by atoms with Gasteiger partial charge in [-0.1, -0.05) is 36.8 Å². The number of carboxylic acid groups (broad SMARTS) is 1. The third kappa shape index (κ3) is 3.71. The highest BCUT2D eigenvalue weighted by Gasteiger charge is 2.47. The molecule has 1 aromatic rings. The van der Waals surface area contributed by atoms with E-state index in [1.807, 2.05) is 35.0 Å². The maximum Gasteiger partial charge on any atom is 0.317 e. The first-order valence-corrected chi connectivity index (χ1v) is 9.30. The summed E-state index contributed by atoms with van der Waals surface area (Å²) in [6.07, 6.45) is 5.72. The molecule has 1 amide bonds. The highest BCUT2D eigenvalue weighted by atomic mass is 16.4. The van der Waals surface area contributed by atoms with E-state index < -0.39 is 5.97 Å². The fraction of sp³-hybridized carbons (Fsp3) is 0.600. The second-order valence-corrected chi connectivity index (χ2v) is 7.49. The summed E-state index contributed by atoms with van der Waals surface area (Å²) in [5.74, 6) is -0.524. The van der Waals surface area contributed by atoms with Crippen LogP contribution < -0.4 is 0 Å². The highest BCUT2D eigenvalue weighted by molar-refractivity contribution is 5.89. The van der Waals surface area contributed by atoms with Gasteiger partial charge in [-0.05, 0) is 44.7 Å². The molecule has 0 radical (unpaired) electrons. The van der Waals surface area contributed by atoms with Gasteiger partial charge in [-0.3, -0.25) is 14.5 Å². The molecule has 1 saturated carbocycles. The van der Waals surface area contributed by atoms with Gasteiger partial charge < -0.3 is 10.0 Å². The van der Waals surface area contributed by atoms with Crippen LogP contribution in [0.25, 0.3) is 0 Å². The molecule has 0 aromatic heterocycles. The minimum atomic E-state index is -0.794. The number of carboxylic acids is 1. The summed E-state index contributed by atoms with van der Waals surface area (Å²) in [6.45, 7) is 1.57. The standard InChI is InChI=1S/C20H28N2O3/c1-21(15-18(23)24)17-9-5-13-22(14-10-17)19(25)20(11-6-12-20)16-7-3-2-4-8-16/h2-4,7-8,17H,5-6,9-15H2,1H3,(H,23,24). The molecule has 1 aliphatic heterocycles. The van der Waals surface area contributed by atoms with E-state index in [1.165, 1.54) is 0 Å². The Kier molecular flexibility index (Phi) is 5.42. The Morgan fingerprint density at radius 2 is 1.88 bits per heavy atom. The van der Waals surface area contributed by atoms with E-state index in [-0.39, 0.29) is 23.9 Å². The topological polar surface area (TPSA) is 60.9 Å². The van der Waals surface area contributed by atoms with Crippen molar-refractivity contribution in [1.29, 1.82) is 0 Å². The largest absolute Gasteiger partial charge is 0.480 e. The first kappa shape index (κ1) is 17.9. The molecule has 2 fully saturated rings. The molecule has 0 spiro atoms. The van der Waals surface area contributed by atoms with Gasteiger partial charge in [0.05, 0.1) is 12.0 Å². The Labute approximate surface area is 149 Å². The lowest BCUT2D eigenvalue weighted by atomic mass is 9.63. The summed E-state index contributed by atoms with van der Waals surface area (Å²) in [5, 5.41) is 8.99. The van der Waals surface area contributed by atoms with Crippen molar-refractivity contribution in [3.63, 3.8) is 0 Å². The summed E-state index contributed by atoms with van der Waals surface area (Å²) in [6, 6.07) is 10.4. The van der Waals surface area contributed by atoms with Gasteiger partial charge in [-0.2, -0.15) is 0 Å². The average molecular weight is 344 g/mol. The molecule has 1 atom stereocenters. The van der Waals surface area contributed by atoms with Crippen molar-refractivity contribution in [2.45, 2.75) is 50.0 Å². The Morgan fingerprint density at radius 1 is 1.16 bits per heavy atom. The molecule has 1 aliphatic carbocycles. The van der Waals surface area contributed by atoms with Crippen LogP contribution in [0.3, 0.4) is 0 Å². The van der Waals surface area contributed by atoms with Crippen molar-refractivity contribution in [3.8, 4) is 0 Å². The van der Waals surface area contributed by atoms with Crippen LogP contribution in [0.5, 0.6) is 0 Å². The summed E-state index contributed by atoms with van der Waals surface area (Å²) < 4.78 is 0. The number of benzene rings is 1. The van der Waals surface area contributed by atoms with Gasteiger partial charge >= 0.3 is 5.97 Å². The smallest absolute Gasteiger partial charge is 0.317 e. The van der Waals surface area contributed by atoms with Gasteiger partial charge in [0, 0.05) is 19.1 Å². The first-order chi connectivity index (χ1) is 12.0. The number of hydrogen-bond donors (Lipinski definition) is 1. The van der Waals surface area contributed by atoms with Crippen molar-refractivity contribution in [3.05, 3.63) is 35.9 Å². The Hall–Kier alpha value is -1.88. The molecule has 1 saturated heterocycles. The van der Waals surface area contributed by atoms with E-state index in [4.69, 9.17) is 5.11 Å². The fourth-order valence-electron chi connectivity index (χ4n) is 4.28. The lowest BCUT2D eigenvalue weighted by molar-refractivity contribution is -0.141. The zero-order chi connectivity index (χ0) is 17.9. The molecule has 136 valence electrons. The molecule has 1 aromatic carbocycles.